The summed E-state index contributed by atoms with van der Waals surface area (Å²) in [7, 11) is 0. The standard InChI is InChI=1S/C14H16BrF3N2O/c15-11-5-4-10(19)7-12(11)20-13(21)8-2-1-3-9(6-8)14(16,17)18/h4-5,7-9H,1-3,6,19H2,(H,20,21). The van der Waals surface area contributed by atoms with Gasteiger partial charge in [-0.2, -0.15) is 13.2 Å². The number of rotatable bonds is 2. The molecule has 3 nitrogen and oxygen atoms in total. The molecule has 0 aromatic heterocycles. The summed E-state index contributed by atoms with van der Waals surface area (Å²) in [5.41, 5.74) is 6.60. The van der Waals surface area contributed by atoms with Gasteiger partial charge in [-0.15, -0.1) is 0 Å². The Bertz CT molecular complexity index is 533. The molecule has 1 amide bonds. The topological polar surface area (TPSA) is 55.1 Å². The van der Waals surface area contributed by atoms with E-state index < -0.39 is 18.0 Å². The summed E-state index contributed by atoms with van der Waals surface area (Å²) in [6.45, 7) is 0. The van der Waals surface area contributed by atoms with Crippen LogP contribution in [0.3, 0.4) is 0 Å². The average molecular weight is 365 g/mol. The van der Waals surface area contributed by atoms with Crippen molar-refractivity contribution in [3.8, 4) is 0 Å². The number of halogens is 4. The molecule has 0 spiro atoms. The Hall–Kier alpha value is -1.24. The van der Waals surface area contributed by atoms with Gasteiger partial charge in [0.05, 0.1) is 11.6 Å². The molecule has 116 valence electrons. The van der Waals surface area contributed by atoms with Crippen molar-refractivity contribution in [2.45, 2.75) is 31.9 Å². The maximum Gasteiger partial charge on any atom is 0.391 e. The molecule has 0 radical (unpaired) electrons. The van der Waals surface area contributed by atoms with E-state index >= 15 is 0 Å². The van der Waals surface area contributed by atoms with Gasteiger partial charge >= 0.3 is 6.18 Å². The summed E-state index contributed by atoms with van der Waals surface area (Å²) < 4.78 is 38.9. The molecule has 2 unspecified atom stereocenters. The molecular weight excluding hydrogens is 349 g/mol. The second kappa shape index (κ2) is 6.25. The van der Waals surface area contributed by atoms with Crippen molar-refractivity contribution in [3.05, 3.63) is 22.7 Å². The monoisotopic (exact) mass is 364 g/mol. The van der Waals surface area contributed by atoms with Crippen LogP contribution in [0.15, 0.2) is 22.7 Å². The quantitative estimate of drug-likeness (QED) is 0.767. The smallest absolute Gasteiger partial charge is 0.391 e. The van der Waals surface area contributed by atoms with Crippen molar-refractivity contribution in [2.24, 2.45) is 11.8 Å². The van der Waals surface area contributed by atoms with Crippen LogP contribution in [0, 0.1) is 11.8 Å². The lowest BCUT2D eigenvalue weighted by atomic mass is 9.80. The lowest BCUT2D eigenvalue weighted by Gasteiger charge is -2.29. The molecule has 1 aliphatic carbocycles. The van der Waals surface area contributed by atoms with E-state index in [-0.39, 0.29) is 18.7 Å². The summed E-state index contributed by atoms with van der Waals surface area (Å²) in [5.74, 6) is -2.37. The van der Waals surface area contributed by atoms with Crippen LogP contribution in [-0.4, -0.2) is 12.1 Å². The minimum atomic E-state index is -4.23. The zero-order valence-electron chi connectivity index (χ0n) is 11.2. The van der Waals surface area contributed by atoms with Crippen molar-refractivity contribution in [3.63, 3.8) is 0 Å². The third kappa shape index (κ3) is 4.12. The maximum atomic E-state index is 12.8. The highest BCUT2D eigenvalue weighted by atomic mass is 79.9. The molecule has 2 atom stereocenters. The molecule has 0 heterocycles. The Morgan fingerprint density at radius 1 is 1.33 bits per heavy atom. The second-order valence-corrected chi connectivity index (χ2v) is 6.18. The van der Waals surface area contributed by atoms with Gasteiger partial charge in [0.1, 0.15) is 0 Å². The number of amides is 1. The van der Waals surface area contributed by atoms with Crippen LogP contribution in [-0.2, 0) is 4.79 Å². The van der Waals surface area contributed by atoms with Gasteiger partial charge in [0.2, 0.25) is 5.91 Å². The van der Waals surface area contributed by atoms with Crippen LogP contribution in [0.25, 0.3) is 0 Å². The van der Waals surface area contributed by atoms with Gasteiger partial charge in [-0.3, -0.25) is 4.79 Å². The number of nitrogens with one attached hydrogen (secondary N) is 1. The molecule has 0 saturated heterocycles. The van der Waals surface area contributed by atoms with Gasteiger partial charge in [-0.25, -0.2) is 0 Å². The summed E-state index contributed by atoms with van der Waals surface area (Å²) in [6, 6.07) is 4.93. The van der Waals surface area contributed by atoms with E-state index in [0.29, 0.717) is 28.7 Å². The minimum absolute atomic E-state index is 0.106. The summed E-state index contributed by atoms with van der Waals surface area (Å²) in [6.07, 6.45) is -3.36. The van der Waals surface area contributed by atoms with E-state index in [9.17, 15) is 18.0 Å². The Balaban J connectivity index is 2.04. The fourth-order valence-corrected chi connectivity index (χ4v) is 2.94. The number of carbonyl (C=O) groups excluding carboxylic acids is 1. The van der Waals surface area contributed by atoms with Gasteiger partial charge in [-0.1, -0.05) is 6.42 Å². The number of nitrogens with two attached hydrogens (primary N) is 1. The lowest BCUT2D eigenvalue weighted by Crippen LogP contribution is -2.34. The Morgan fingerprint density at radius 3 is 2.71 bits per heavy atom. The van der Waals surface area contributed by atoms with Crippen LogP contribution >= 0.6 is 15.9 Å². The summed E-state index contributed by atoms with van der Waals surface area (Å²) in [5, 5.41) is 2.66. The van der Waals surface area contributed by atoms with E-state index in [4.69, 9.17) is 5.73 Å². The molecule has 0 aliphatic heterocycles. The first kappa shape index (κ1) is 16.1. The fraction of sp³-hybridized carbons (Fsp3) is 0.500. The molecule has 2 rings (SSSR count). The predicted octanol–water partition coefficient (Wildman–Crippen LogP) is 4.34. The number of carbonyl (C=O) groups is 1. The van der Waals surface area contributed by atoms with Crippen LogP contribution in [0.4, 0.5) is 24.5 Å². The number of hydrogen-bond donors (Lipinski definition) is 2. The Labute approximate surface area is 129 Å². The highest BCUT2D eigenvalue weighted by Crippen LogP contribution is 2.40. The molecule has 1 aliphatic rings. The first-order chi connectivity index (χ1) is 9.77. The number of nitrogen functional groups attached to an aromatic ring is 1. The van der Waals surface area contributed by atoms with E-state index in [1.54, 1.807) is 18.2 Å². The van der Waals surface area contributed by atoms with E-state index in [0.717, 1.165) is 0 Å². The maximum absolute atomic E-state index is 12.8. The third-order valence-corrected chi connectivity index (χ3v) is 4.45. The summed E-state index contributed by atoms with van der Waals surface area (Å²) in [4.78, 5) is 12.2. The predicted molar refractivity (Wildman–Crippen MR) is 78.7 cm³/mol. The molecule has 1 aromatic rings. The van der Waals surface area contributed by atoms with Gasteiger partial charge < -0.3 is 11.1 Å². The molecule has 0 bridgehead atoms. The third-order valence-electron chi connectivity index (χ3n) is 3.76. The molecule has 1 fully saturated rings. The first-order valence-corrected chi connectivity index (χ1v) is 7.49. The minimum Gasteiger partial charge on any atom is -0.399 e. The van der Waals surface area contributed by atoms with Gasteiger partial charge in [0, 0.05) is 16.1 Å². The number of benzene rings is 1. The highest BCUT2D eigenvalue weighted by Gasteiger charge is 2.43. The zero-order valence-corrected chi connectivity index (χ0v) is 12.8. The second-order valence-electron chi connectivity index (χ2n) is 5.33. The Morgan fingerprint density at radius 2 is 2.05 bits per heavy atom. The largest absolute Gasteiger partial charge is 0.399 e. The SMILES string of the molecule is Nc1ccc(Br)c(NC(=O)C2CCCC(C(F)(F)F)C2)c1. The van der Waals surface area contributed by atoms with Gasteiger partial charge in [0.25, 0.3) is 0 Å². The van der Waals surface area contributed by atoms with Crippen molar-refractivity contribution in [1.29, 1.82) is 0 Å². The van der Waals surface area contributed by atoms with Crippen LogP contribution in [0.5, 0.6) is 0 Å². The Kier molecular flexibility index (Phi) is 4.81. The van der Waals surface area contributed by atoms with Crippen molar-refractivity contribution >= 4 is 33.2 Å². The molecule has 1 aromatic carbocycles. The first-order valence-electron chi connectivity index (χ1n) is 6.70. The highest BCUT2D eigenvalue weighted by molar-refractivity contribution is 9.10. The van der Waals surface area contributed by atoms with Crippen LogP contribution in [0.2, 0.25) is 0 Å². The number of anilines is 2. The normalized spacial score (nSPS) is 22.9. The molecule has 21 heavy (non-hydrogen) atoms. The number of alkyl halides is 3. The molecule has 7 heteroatoms. The zero-order chi connectivity index (χ0) is 15.6. The van der Waals surface area contributed by atoms with Gasteiger partial charge in [-0.05, 0) is 53.4 Å². The van der Waals surface area contributed by atoms with E-state index in [2.05, 4.69) is 21.2 Å². The fourth-order valence-electron chi connectivity index (χ4n) is 2.60. The van der Waals surface area contributed by atoms with E-state index in [1.165, 1.54) is 0 Å². The van der Waals surface area contributed by atoms with Crippen molar-refractivity contribution in [2.75, 3.05) is 11.1 Å². The van der Waals surface area contributed by atoms with Crippen LogP contribution < -0.4 is 11.1 Å². The number of hydrogen-bond acceptors (Lipinski definition) is 2. The van der Waals surface area contributed by atoms with Crippen molar-refractivity contribution < 1.29 is 18.0 Å². The summed E-state index contributed by atoms with van der Waals surface area (Å²) >= 11 is 3.28. The average Bonchev–Trinajstić information content (AvgIpc) is 2.42. The van der Waals surface area contributed by atoms with Crippen molar-refractivity contribution in [1.82, 2.24) is 0 Å². The molecular formula is C14H16BrF3N2O. The van der Waals surface area contributed by atoms with Gasteiger partial charge in [0.15, 0.2) is 0 Å². The molecule has 1 saturated carbocycles. The lowest BCUT2D eigenvalue weighted by molar-refractivity contribution is -0.185. The van der Waals surface area contributed by atoms with E-state index in [1.807, 2.05) is 0 Å². The molecule has 3 N–H and O–H groups in total. The van der Waals surface area contributed by atoms with Crippen LogP contribution in [0.1, 0.15) is 25.7 Å².